The number of carboxylic acid groups (broad SMARTS) is 2. The third-order valence-corrected chi connectivity index (χ3v) is 12.6. The summed E-state index contributed by atoms with van der Waals surface area (Å²) in [6.45, 7) is 18.0. The summed E-state index contributed by atoms with van der Waals surface area (Å²) in [4.78, 5) is 97.2. The highest BCUT2D eigenvalue weighted by molar-refractivity contribution is 5.91. The van der Waals surface area contributed by atoms with Crippen LogP contribution in [0.3, 0.4) is 0 Å². The van der Waals surface area contributed by atoms with E-state index in [2.05, 4.69) is 16.0 Å². The third kappa shape index (κ3) is 26.0. The second-order valence-corrected chi connectivity index (χ2v) is 21.8. The van der Waals surface area contributed by atoms with Crippen molar-refractivity contribution in [3.63, 3.8) is 0 Å². The van der Waals surface area contributed by atoms with E-state index in [1.165, 1.54) is 6.42 Å². The van der Waals surface area contributed by atoms with Crippen LogP contribution in [-0.2, 0) is 72.0 Å². The Morgan fingerprint density at radius 3 is 1.43 bits per heavy atom. The zero-order chi connectivity index (χ0) is 57.8. The zero-order valence-electron chi connectivity index (χ0n) is 47.2. The maximum absolute atomic E-state index is 13.2. The van der Waals surface area contributed by atoms with Gasteiger partial charge < -0.3 is 40.8 Å². The number of carbonyl (C=O) groups is 8. The van der Waals surface area contributed by atoms with E-state index in [-0.39, 0.29) is 37.6 Å². The van der Waals surface area contributed by atoms with Crippen molar-refractivity contribution in [1.82, 2.24) is 16.0 Å². The highest BCUT2D eigenvalue weighted by atomic mass is 16.6. The molecular weight excluding hydrogens is 985 g/mol. The van der Waals surface area contributed by atoms with Crippen molar-refractivity contribution in [1.29, 1.82) is 0 Å². The van der Waals surface area contributed by atoms with Gasteiger partial charge in [0.2, 0.25) is 11.8 Å². The molecule has 7 N–H and O–H groups in total. The molecule has 2 aliphatic carbocycles. The molecule has 0 spiro atoms. The van der Waals surface area contributed by atoms with Crippen molar-refractivity contribution in [3.8, 4) is 0 Å². The standard InChI is InChI=1S/C26H38N2O6.C18H25NO5.C14H19NO2.C2H6/c1-18(15-22(30)34-25(2,3)4)21(29)17-27-20(16-19-11-7-5-8-12-19)23(31)28-26(24(32)33)13-9-6-10-14-26;1-12(10-15(20)24-18(2,3)4)16(21)19-14(17(22)23)11-13-8-6-5-7-9-13;15-14(9-5-2-6-10-14)13(16)17-11-12-7-3-1-4-8-12;1-2/h5,7-8,11-12,18,20,27H,6,9-10,13-17H2,1-4H3,(H,28,31)(H,32,33);5-9,12,14H,10-11H2,1-4H3,(H,19,21)(H,22,23);1,3-4,7-8H,2,5-6,9-11,15H2;1-2H3/t18-,20+;12-,14+;;/m00../s1. The molecule has 2 saturated carbocycles. The van der Waals surface area contributed by atoms with Crippen molar-refractivity contribution < 1.29 is 62.8 Å². The maximum atomic E-state index is 13.2. The summed E-state index contributed by atoms with van der Waals surface area (Å²) in [5.74, 6) is -5.72. The number of carbonyl (C=O) groups excluding carboxylic acids is 6. The van der Waals surface area contributed by atoms with Crippen LogP contribution < -0.4 is 21.7 Å². The van der Waals surface area contributed by atoms with E-state index >= 15 is 0 Å². The van der Waals surface area contributed by atoms with Crippen LogP contribution in [0.25, 0.3) is 0 Å². The lowest BCUT2D eigenvalue weighted by molar-refractivity contribution is -0.157. The number of ether oxygens (including phenoxy) is 3. The number of ketones is 1. The summed E-state index contributed by atoms with van der Waals surface area (Å²) >= 11 is 0. The number of nitrogens with one attached hydrogen (secondary N) is 3. The third-order valence-electron chi connectivity index (χ3n) is 12.6. The molecule has 0 bridgehead atoms. The van der Waals surface area contributed by atoms with Crippen LogP contribution in [0, 0.1) is 11.8 Å². The average Bonchev–Trinajstić information content (AvgIpc) is 3.37. The normalized spacial score (nSPS) is 16.1. The molecule has 0 aliphatic heterocycles. The summed E-state index contributed by atoms with van der Waals surface area (Å²) in [5, 5.41) is 27.4. The number of hydrogen-bond donors (Lipinski definition) is 6. The fraction of sp³-hybridized carbons (Fsp3) is 0.567. The molecule has 17 nitrogen and oxygen atoms in total. The summed E-state index contributed by atoms with van der Waals surface area (Å²) < 4.78 is 15.8. The van der Waals surface area contributed by atoms with Gasteiger partial charge in [-0.25, -0.2) is 9.59 Å². The van der Waals surface area contributed by atoms with E-state index < -0.39 is 81.9 Å². The van der Waals surface area contributed by atoms with Gasteiger partial charge in [-0.2, -0.15) is 0 Å². The van der Waals surface area contributed by atoms with Crippen LogP contribution in [-0.4, -0.2) is 98.6 Å². The van der Waals surface area contributed by atoms with Crippen LogP contribution in [0.1, 0.15) is 163 Å². The second-order valence-electron chi connectivity index (χ2n) is 21.8. The molecule has 5 rings (SSSR count). The Hall–Kier alpha value is -6.46. The Morgan fingerprint density at radius 2 is 1.00 bits per heavy atom. The molecule has 2 fully saturated rings. The number of Topliss-reactive ketones (excluding diaryl/α,β-unsaturated/α-hetero) is 1. The molecule has 426 valence electrons. The van der Waals surface area contributed by atoms with E-state index in [0.29, 0.717) is 25.9 Å². The Labute approximate surface area is 456 Å². The van der Waals surface area contributed by atoms with E-state index in [1.54, 1.807) is 79.7 Å². The van der Waals surface area contributed by atoms with Gasteiger partial charge >= 0.3 is 29.8 Å². The predicted octanol–water partition coefficient (Wildman–Crippen LogP) is 8.61. The lowest BCUT2D eigenvalue weighted by atomic mass is 9.81. The number of amides is 2. The van der Waals surface area contributed by atoms with Gasteiger partial charge in [0.05, 0.1) is 25.4 Å². The number of carboxylic acids is 2. The van der Waals surface area contributed by atoms with E-state index in [0.717, 1.165) is 61.6 Å². The molecule has 0 unspecified atom stereocenters. The minimum Gasteiger partial charge on any atom is -0.480 e. The van der Waals surface area contributed by atoms with Crippen molar-refractivity contribution in [2.45, 2.75) is 200 Å². The second kappa shape index (κ2) is 33.0. The molecule has 3 aromatic carbocycles. The lowest BCUT2D eigenvalue weighted by Crippen LogP contribution is -2.60. The number of hydrogen-bond acceptors (Lipinski definition) is 13. The molecule has 17 heteroatoms. The maximum Gasteiger partial charge on any atom is 0.329 e. The van der Waals surface area contributed by atoms with Gasteiger partial charge in [-0.15, -0.1) is 0 Å². The summed E-state index contributed by atoms with van der Waals surface area (Å²) in [6.07, 6.45) is 8.26. The predicted molar refractivity (Wildman–Crippen MR) is 295 cm³/mol. The molecule has 0 saturated heterocycles. The Balaban J connectivity index is 0.000000411. The quantitative estimate of drug-likeness (QED) is 0.0431. The van der Waals surface area contributed by atoms with Gasteiger partial charge in [0.25, 0.3) is 0 Å². The Morgan fingerprint density at radius 1 is 0.584 bits per heavy atom. The SMILES string of the molecule is CC.C[C@@H](CC(=O)OC(C)(C)C)C(=O)CN[C@H](Cc1ccccc1)C(=O)NC1(C(=O)O)CCCCC1.C[C@@H](CC(=O)OC(C)(C)C)C(=O)N[C@H](Cc1ccccc1)C(=O)O.NC1(C(=O)OCc2ccccc2)CCCCC1. The Kier molecular flexibility index (Phi) is 28.5. The molecule has 2 amide bonds. The van der Waals surface area contributed by atoms with Crippen molar-refractivity contribution in [2.75, 3.05) is 6.54 Å². The largest absolute Gasteiger partial charge is 0.480 e. The molecule has 0 heterocycles. The smallest absolute Gasteiger partial charge is 0.329 e. The van der Waals surface area contributed by atoms with Gasteiger partial charge in [-0.3, -0.25) is 34.1 Å². The van der Waals surface area contributed by atoms with Gasteiger partial charge in [0.1, 0.15) is 40.7 Å². The molecule has 0 radical (unpaired) electrons. The highest BCUT2D eigenvalue weighted by Gasteiger charge is 2.42. The first kappa shape index (κ1) is 66.7. The fourth-order valence-corrected chi connectivity index (χ4v) is 8.47. The number of benzene rings is 3. The number of esters is 3. The van der Waals surface area contributed by atoms with Gasteiger partial charge in [0, 0.05) is 18.3 Å². The van der Waals surface area contributed by atoms with Crippen molar-refractivity contribution >= 4 is 47.4 Å². The van der Waals surface area contributed by atoms with Crippen LogP contribution in [0.5, 0.6) is 0 Å². The minimum atomic E-state index is -1.28. The first-order valence-corrected chi connectivity index (χ1v) is 27.1. The number of nitrogens with two attached hydrogens (primary N) is 1. The molecule has 2 aliphatic rings. The number of rotatable bonds is 21. The first-order chi connectivity index (χ1) is 36.2. The molecule has 0 aromatic heterocycles. The monoisotopic (exact) mass is 1070 g/mol. The molecule has 4 atom stereocenters. The summed E-state index contributed by atoms with van der Waals surface area (Å²) in [5.41, 5.74) is 5.52. The molecule has 77 heavy (non-hydrogen) atoms. The van der Waals surface area contributed by atoms with Gasteiger partial charge in [-0.05, 0) is 90.3 Å². The molecular formula is C60H88N4O13. The van der Waals surface area contributed by atoms with Crippen molar-refractivity contribution in [3.05, 3.63) is 108 Å². The van der Waals surface area contributed by atoms with E-state index in [1.807, 2.05) is 80.6 Å². The minimum absolute atomic E-state index is 0.0462. The topological polar surface area (TPSA) is 267 Å². The van der Waals surface area contributed by atoms with E-state index in [4.69, 9.17) is 19.9 Å². The zero-order valence-corrected chi connectivity index (χ0v) is 47.2. The van der Waals surface area contributed by atoms with Crippen LogP contribution in [0.4, 0.5) is 0 Å². The van der Waals surface area contributed by atoms with Crippen LogP contribution in [0.15, 0.2) is 91.0 Å². The summed E-state index contributed by atoms with van der Waals surface area (Å²) in [6, 6.07) is 26.2. The highest BCUT2D eigenvalue weighted by Crippen LogP contribution is 2.29. The average molecular weight is 1070 g/mol. The van der Waals surface area contributed by atoms with Crippen molar-refractivity contribution in [2.24, 2.45) is 17.6 Å². The van der Waals surface area contributed by atoms with Gasteiger partial charge in [-0.1, -0.05) is 157 Å². The summed E-state index contributed by atoms with van der Waals surface area (Å²) in [7, 11) is 0. The fourth-order valence-electron chi connectivity index (χ4n) is 8.47. The van der Waals surface area contributed by atoms with Crippen LogP contribution in [0.2, 0.25) is 0 Å². The number of aliphatic carboxylic acids is 2. The molecule has 3 aromatic rings. The lowest BCUT2D eigenvalue weighted by Gasteiger charge is -2.35. The van der Waals surface area contributed by atoms with Gasteiger partial charge in [0.15, 0.2) is 0 Å². The van der Waals surface area contributed by atoms with E-state index in [9.17, 15) is 48.6 Å². The van der Waals surface area contributed by atoms with Crippen LogP contribution >= 0.6 is 0 Å². The Bertz CT molecular complexity index is 2300. The first-order valence-electron chi connectivity index (χ1n) is 27.1.